The predicted octanol–water partition coefficient (Wildman–Crippen LogP) is 3.83. The molecule has 0 amide bonds. The maximum Gasteiger partial charge on any atom is 0.134 e. The van der Waals surface area contributed by atoms with Gasteiger partial charge >= 0.3 is 0 Å². The average Bonchev–Trinajstić information content (AvgIpc) is 3.21. The Morgan fingerprint density at radius 1 is 1.29 bits per heavy atom. The Morgan fingerprint density at radius 2 is 2.08 bits per heavy atom. The van der Waals surface area contributed by atoms with Crippen molar-refractivity contribution in [1.82, 2.24) is 19.8 Å². The molecule has 6 heteroatoms. The van der Waals surface area contributed by atoms with E-state index >= 15 is 0 Å². The average molecular weight is 347 g/mol. The van der Waals surface area contributed by atoms with Crippen LogP contribution in [0.25, 0.3) is 11.4 Å². The van der Waals surface area contributed by atoms with Crippen molar-refractivity contribution in [2.45, 2.75) is 33.2 Å². The largest absolute Gasteiger partial charge is 0.361 e. The fourth-order valence-electron chi connectivity index (χ4n) is 4.11. The van der Waals surface area contributed by atoms with E-state index in [4.69, 9.17) is 16.1 Å². The van der Waals surface area contributed by atoms with Crippen LogP contribution in [0.2, 0.25) is 5.15 Å². The monoisotopic (exact) mass is 346 g/mol. The number of nitrogens with zero attached hydrogens (tertiary/aromatic N) is 4. The molecule has 1 saturated heterocycles. The molecule has 0 radical (unpaired) electrons. The molecule has 0 aromatic carbocycles. The van der Waals surface area contributed by atoms with E-state index in [1.807, 2.05) is 20.0 Å². The molecule has 0 N–H and O–H groups in total. The minimum atomic E-state index is 0.690. The Hall–Kier alpha value is -1.59. The Morgan fingerprint density at radius 3 is 2.83 bits per heavy atom. The van der Waals surface area contributed by atoms with Gasteiger partial charge in [-0.15, -0.1) is 0 Å². The summed E-state index contributed by atoms with van der Waals surface area (Å²) in [7, 11) is 1.87. The number of allylic oxidation sites excluding steroid dienone is 2. The second-order valence-electron chi connectivity index (χ2n) is 7.27. The molecule has 2 aliphatic rings. The predicted molar refractivity (Wildman–Crippen MR) is 93.7 cm³/mol. The van der Waals surface area contributed by atoms with E-state index < -0.39 is 0 Å². The lowest BCUT2D eigenvalue weighted by molar-refractivity contribution is 0.314. The molecule has 2 atom stereocenters. The van der Waals surface area contributed by atoms with Gasteiger partial charge in [-0.3, -0.25) is 9.58 Å². The minimum Gasteiger partial charge on any atom is -0.361 e. The number of aryl methyl sites for hydroxylation is 2. The third-order valence-corrected chi connectivity index (χ3v) is 5.80. The van der Waals surface area contributed by atoms with E-state index in [0.717, 1.165) is 54.2 Å². The third kappa shape index (κ3) is 2.80. The van der Waals surface area contributed by atoms with Gasteiger partial charge in [-0.25, -0.2) is 0 Å². The second-order valence-corrected chi connectivity index (χ2v) is 7.63. The fourth-order valence-corrected chi connectivity index (χ4v) is 4.29. The summed E-state index contributed by atoms with van der Waals surface area (Å²) >= 11 is 6.53. The molecule has 0 unspecified atom stereocenters. The highest BCUT2D eigenvalue weighted by Crippen LogP contribution is 2.37. The molecule has 24 heavy (non-hydrogen) atoms. The van der Waals surface area contributed by atoms with Crippen molar-refractivity contribution >= 4 is 11.6 Å². The Kier molecular flexibility index (Phi) is 4.01. The summed E-state index contributed by atoms with van der Waals surface area (Å²) in [6, 6.07) is 1.92. The number of fused-ring (bicyclic) bond motifs is 1. The van der Waals surface area contributed by atoms with Crippen molar-refractivity contribution in [3.8, 4) is 11.4 Å². The van der Waals surface area contributed by atoms with Crippen LogP contribution in [0.4, 0.5) is 0 Å². The van der Waals surface area contributed by atoms with Gasteiger partial charge < -0.3 is 4.52 Å². The van der Waals surface area contributed by atoms with Gasteiger partial charge in [-0.2, -0.15) is 5.10 Å². The summed E-state index contributed by atoms with van der Waals surface area (Å²) in [5.74, 6) is 2.34. The zero-order chi connectivity index (χ0) is 16.8. The van der Waals surface area contributed by atoms with Crippen LogP contribution in [0.3, 0.4) is 0 Å². The van der Waals surface area contributed by atoms with Gasteiger partial charge in [-0.1, -0.05) is 28.4 Å². The molecule has 0 bridgehead atoms. The number of halogens is 1. The number of aromatic nitrogens is 3. The second kappa shape index (κ2) is 6.05. The van der Waals surface area contributed by atoms with Crippen LogP contribution >= 0.6 is 11.6 Å². The van der Waals surface area contributed by atoms with Gasteiger partial charge in [0.2, 0.25) is 0 Å². The summed E-state index contributed by atoms with van der Waals surface area (Å²) in [6.45, 7) is 7.23. The van der Waals surface area contributed by atoms with Crippen LogP contribution in [0, 0.1) is 18.8 Å². The van der Waals surface area contributed by atoms with Crippen molar-refractivity contribution in [3.05, 3.63) is 34.2 Å². The topological polar surface area (TPSA) is 47.1 Å². The number of likely N-dealkylation sites (tertiary alicyclic amines) is 1. The molecule has 2 aromatic heterocycles. The highest BCUT2D eigenvalue weighted by atomic mass is 35.5. The number of hydrogen-bond donors (Lipinski definition) is 0. The molecule has 0 saturated carbocycles. The number of rotatable bonds is 3. The summed E-state index contributed by atoms with van der Waals surface area (Å²) in [5.41, 5.74) is 4.19. The van der Waals surface area contributed by atoms with Gasteiger partial charge in [0.25, 0.3) is 0 Å². The molecule has 2 aromatic rings. The van der Waals surface area contributed by atoms with Gasteiger partial charge in [0, 0.05) is 38.3 Å². The molecule has 1 fully saturated rings. The van der Waals surface area contributed by atoms with Crippen LogP contribution < -0.4 is 0 Å². The molecule has 4 rings (SSSR count). The van der Waals surface area contributed by atoms with Gasteiger partial charge in [0.05, 0.1) is 0 Å². The van der Waals surface area contributed by atoms with Gasteiger partial charge in [0.15, 0.2) is 0 Å². The lowest BCUT2D eigenvalue weighted by Crippen LogP contribution is -2.20. The van der Waals surface area contributed by atoms with Crippen molar-refractivity contribution < 1.29 is 4.52 Å². The normalized spacial score (nSPS) is 24.2. The molecule has 1 aliphatic heterocycles. The lowest BCUT2D eigenvalue weighted by atomic mass is 9.83. The summed E-state index contributed by atoms with van der Waals surface area (Å²) in [6.07, 6.45) is 4.85. The summed E-state index contributed by atoms with van der Waals surface area (Å²) < 4.78 is 6.95. The smallest absolute Gasteiger partial charge is 0.134 e. The van der Waals surface area contributed by atoms with Crippen LogP contribution in [-0.2, 0) is 13.6 Å². The Balaban J connectivity index is 1.57. The van der Waals surface area contributed by atoms with Gasteiger partial charge in [-0.05, 0) is 38.5 Å². The molecule has 5 nitrogen and oxygen atoms in total. The zero-order valence-electron chi connectivity index (χ0n) is 14.4. The summed E-state index contributed by atoms with van der Waals surface area (Å²) in [5, 5.41) is 9.38. The van der Waals surface area contributed by atoms with Crippen LogP contribution in [0.5, 0.6) is 0 Å². The maximum absolute atomic E-state index is 6.53. The first kappa shape index (κ1) is 15.9. The highest BCUT2D eigenvalue weighted by molar-refractivity contribution is 6.30. The van der Waals surface area contributed by atoms with Gasteiger partial charge in [0.1, 0.15) is 22.3 Å². The summed E-state index contributed by atoms with van der Waals surface area (Å²) in [4.78, 5) is 2.51. The Labute approximate surface area is 147 Å². The molecular formula is C18H23ClN4O. The highest BCUT2D eigenvalue weighted by Gasteiger charge is 2.35. The first-order valence-corrected chi connectivity index (χ1v) is 8.92. The standard InChI is InChI=1S/C18H23ClN4O/c1-11-4-5-13-8-23(9-14(13)6-11)10-15-17(20-22(3)18(15)19)16-7-12(2)24-21-16/h4,7,13-14H,5-6,8-10H2,1-3H3/t13-,14+/m1/s1. The van der Waals surface area contributed by atoms with E-state index in [0.29, 0.717) is 5.15 Å². The first-order valence-electron chi connectivity index (χ1n) is 8.54. The third-order valence-electron chi connectivity index (χ3n) is 5.33. The van der Waals surface area contributed by atoms with E-state index in [1.165, 1.54) is 18.4 Å². The minimum absolute atomic E-state index is 0.690. The molecule has 128 valence electrons. The van der Waals surface area contributed by atoms with Crippen molar-refractivity contribution in [3.63, 3.8) is 0 Å². The van der Waals surface area contributed by atoms with E-state index in [9.17, 15) is 0 Å². The molecular weight excluding hydrogens is 324 g/mol. The first-order chi connectivity index (χ1) is 11.5. The van der Waals surface area contributed by atoms with Crippen LogP contribution in [0.15, 0.2) is 22.2 Å². The zero-order valence-corrected chi connectivity index (χ0v) is 15.2. The van der Waals surface area contributed by atoms with Crippen molar-refractivity contribution in [2.75, 3.05) is 13.1 Å². The molecule has 3 heterocycles. The molecule has 1 aliphatic carbocycles. The lowest BCUT2D eigenvalue weighted by Gasteiger charge is -2.22. The number of hydrogen-bond acceptors (Lipinski definition) is 4. The van der Waals surface area contributed by atoms with E-state index in [-0.39, 0.29) is 0 Å². The fraction of sp³-hybridized carbons (Fsp3) is 0.556. The van der Waals surface area contributed by atoms with Crippen molar-refractivity contribution in [1.29, 1.82) is 0 Å². The quantitative estimate of drug-likeness (QED) is 0.792. The molecule has 0 spiro atoms. The van der Waals surface area contributed by atoms with E-state index in [1.54, 1.807) is 4.68 Å². The van der Waals surface area contributed by atoms with Crippen molar-refractivity contribution in [2.24, 2.45) is 18.9 Å². The van der Waals surface area contributed by atoms with E-state index in [2.05, 4.69) is 28.2 Å². The SMILES string of the molecule is CC1=CC[C@@H]2CN(Cc3c(-c4cc(C)on4)nn(C)c3Cl)C[C@@H]2C1. The van der Waals surface area contributed by atoms with Crippen LogP contribution in [0.1, 0.15) is 31.1 Å². The Bertz CT molecular complexity index is 791. The van der Waals surface area contributed by atoms with Crippen LogP contribution in [-0.4, -0.2) is 32.9 Å². The maximum atomic E-state index is 6.53.